The van der Waals surface area contributed by atoms with Gasteiger partial charge in [0.2, 0.25) is 0 Å². The number of carbonyl (C=O) groups is 2. The Balaban J connectivity index is 1.94. The molecule has 1 N–H and O–H groups in total. The molecular formula is C15H27N3O3. The molecule has 0 radical (unpaired) electrons. The molecule has 3 unspecified atom stereocenters. The molecule has 2 heterocycles. The van der Waals surface area contributed by atoms with E-state index in [0.717, 1.165) is 32.5 Å². The Morgan fingerprint density at radius 2 is 1.71 bits per heavy atom. The van der Waals surface area contributed by atoms with Crippen LogP contribution in [0.4, 0.5) is 4.79 Å². The molecule has 2 fully saturated rings. The van der Waals surface area contributed by atoms with E-state index in [4.69, 9.17) is 5.11 Å². The van der Waals surface area contributed by atoms with Crippen molar-refractivity contribution in [2.45, 2.75) is 45.2 Å². The molecule has 0 aromatic rings. The van der Waals surface area contributed by atoms with E-state index in [1.165, 1.54) is 0 Å². The molecule has 2 amide bonds. The minimum Gasteiger partial charge on any atom is -0.481 e. The predicted octanol–water partition coefficient (Wildman–Crippen LogP) is 1.32. The molecule has 120 valence electrons. The summed E-state index contributed by atoms with van der Waals surface area (Å²) in [5, 5.41) is 8.92. The zero-order valence-electron chi connectivity index (χ0n) is 13.3. The number of urea groups is 1. The van der Waals surface area contributed by atoms with Gasteiger partial charge < -0.3 is 14.9 Å². The largest absolute Gasteiger partial charge is 0.481 e. The number of likely N-dealkylation sites (N-methyl/N-ethyl adjacent to an activating group) is 1. The number of piperidine rings is 1. The summed E-state index contributed by atoms with van der Waals surface area (Å²) in [5.41, 5.74) is 0. The van der Waals surface area contributed by atoms with E-state index >= 15 is 0 Å². The summed E-state index contributed by atoms with van der Waals surface area (Å²) < 4.78 is 0. The van der Waals surface area contributed by atoms with E-state index in [-0.39, 0.29) is 18.4 Å². The Labute approximate surface area is 126 Å². The van der Waals surface area contributed by atoms with Gasteiger partial charge in [-0.15, -0.1) is 0 Å². The van der Waals surface area contributed by atoms with E-state index in [0.29, 0.717) is 18.6 Å². The Kier molecular flexibility index (Phi) is 5.08. The molecule has 2 rings (SSSR count). The molecule has 2 aliphatic rings. The van der Waals surface area contributed by atoms with Crippen LogP contribution in [0.1, 0.15) is 33.1 Å². The van der Waals surface area contributed by atoms with E-state index < -0.39 is 5.97 Å². The van der Waals surface area contributed by atoms with Gasteiger partial charge in [-0.1, -0.05) is 0 Å². The minimum atomic E-state index is -0.767. The molecule has 6 nitrogen and oxygen atoms in total. The highest BCUT2D eigenvalue weighted by molar-refractivity contribution is 5.75. The van der Waals surface area contributed by atoms with Gasteiger partial charge in [0.15, 0.2) is 0 Å². The summed E-state index contributed by atoms with van der Waals surface area (Å²) in [4.78, 5) is 29.6. The summed E-state index contributed by atoms with van der Waals surface area (Å²) in [7, 11) is 2.10. The summed E-state index contributed by atoms with van der Waals surface area (Å²) in [6, 6.07) is 0.798. The molecule has 2 saturated heterocycles. The first kappa shape index (κ1) is 16.1. The van der Waals surface area contributed by atoms with E-state index in [9.17, 15) is 9.59 Å². The van der Waals surface area contributed by atoms with Gasteiger partial charge in [0.25, 0.3) is 0 Å². The second-order valence-electron chi connectivity index (χ2n) is 6.60. The zero-order valence-corrected chi connectivity index (χ0v) is 13.3. The van der Waals surface area contributed by atoms with E-state index in [1.54, 1.807) is 0 Å². The van der Waals surface area contributed by atoms with Crippen LogP contribution in [-0.4, -0.2) is 77.1 Å². The van der Waals surface area contributed by atoms with Crippen LogP contribution < -0.4 is 0 Å². The quantitative estimate of drug-likeness (QED) is 0.835. The van der Waals surface area contributed by atoms with E-state index in [2.05, 4.69) is 25.8 Å². The number of hydrogen-bond acceptors (Lipinski definition) is 3. The van der Waals surface area contributed by atoms with Gasteiger partial charge in [0, 0.05) is 44.7 Å². The van der Waals surface area contributed by atoms with E-state index in [1.807, 2.05) is 9.80 Å². The lowest BCUT2D eigenvalue weighted by atomic mass is 9.95. The lowest BCUT2D eigenvalue weighted by Crippen LogP contribution is -2.59. The summed E-state index contributed by atoms with van der Waals surface area (Å²) in [6.45, 7) is 7.11. The van der Waals surface area contributed by atoms with Crippen LogP contribution in [0.2, 0.25) is 0 Å². The highest BCUT2D eigenvalue weighted by Gasteiger charge is 2.33. The number of nitrogens with zero attached hydrogens (tertiary/aromatic N) is 3. The summed E-state index contributed by atoms with van der Waals surface area (Å²) >= 11 is 0. The fraction of sp³-hybridized carbons (Fsp3) is 0.867. The number of carboxylic acid groups (broad SMARTS) is 1. The maximum absolute atomic E-state index is 12.7. The van der Waals surface area contributed by atoms with Crippen LogP contribution in [-0.2, 0) is 4.79 Å². The van der Waals surface area contributed by atoms with Crippen molar-refractivity contribution < 1.29 is 14.7 Å². The zero-order chi connectivity index (χ0) is 15.6. The van der Waals surface area contributed by atoms with Crippen LogP contribution in [0, 0.1) is 5.92 Å². The number of likely N-dealkylation sites (tertiary alicyclic amines) is 1. The molecule has 3 atom stereocenters. The predicted molar refractivity (Wildman–Crippen MR) is 80.2 cm³/mol. The Morgan fingerprint density at radius 1 is 1.10 bits per heavy atom. The second kappa shape index (κ2) is 6.64. The Hall–Kier alpha value is -1.30. The van der Waals surface area contributed by atoms with Crippen molar-refractivity contribution in [3.8, 4) is 0 Å². The molecule has 21 heavy (non-hydrogen) atoms. The van der Waals surface area contributed by atoms with Gasteiger partial charge >= 0.3 is 12.0 Å². The Morgan fingerprint density at radius 3 is 2.29 bits per heavy atom. The topological polar surface area (TPSA) is 64.1 Å². The number of carbonyl (C=O) groups excluding carboxylic acids is 1. The van der Waals surface area contributed by atoms with Gasteiger partial charge in [-0.05, 0) is 39.7 Å². The maximum Gasteiger partial charge on any atom is 0.320 e. The van der Waals surface area contributed by atoms with Crippen molar-refractivity contribution in [1.29, 1.82) is 0 Å². The lowest BCUT2D eigenvalue weighted by molar-refractivity contribution is -0.138. The van der Waals surface area contributed by atoms with Gasteiger partial charge in [0.1, 0.15) is 0 Å². The average Bonchev–Trinajstić information content (AvgIpc) is 2.43. The minimum absolute atomic E-state index is 0.0805. The normalized spacial score (nSPS) is 31.3. The summed E-state index contributed by atoms with van der Waals surface area (Å²) in [6.07, 6.45) is 1.98. The molecule has 0 aliphatic carbocycles. The van der Waals surface area contributed by atoms with Crippen molar-refractivity contribution in [3.05, 3.63) is 0 Å². The van der Waals surface area contributed by atoms with Crippen molar-refractivity contribution in [2.24, 2.45) is 5.92 Å². The second-order valence-corrected chi connectivity index (χ2v) is 6.60. The molecular weight excluding hydrogens is 270 g/mol. The first-order chi connectivity index (χ1) is 9.88. The number of hydrogen-bond donors (Lipinski definition) is 1. The maximum atomic E-state index is 12.7. The van der Waals surface area contributed by atoms with Gasteiger partial charge in [0.05, 0.1) is 0 Å². The van der Waals surface area contributed by atoms with Crippen molar-refractivity contribution in [1.82, 2.24) is 14.7 Å². The third-order valence-electron chi connectivity index (χ3n) is 4.88. The van der Waals surface area contributed by atoms with Crippen LogP contribution in [0.15, 0.2) is 0 Å². The summed E-state index contributed by atoms with van der Waals surface area (Å²) in [5.74, 6) is -0.668. The molecule has 0 saturated carbocycles. The molecule has 2 aliphatic heterocycles. The van der Waals surface area contributed by atoms with Crippen molar-refractivity contribution in [3.63, 3.8) is 0 Å². The number of rotatable bonds is 2. The van der Waals surface area contributed by atoms with Crippen LogP contribution in [0.5, 0.6) is 0 Å². The molecule has 6 heteroatoms. The molecule has 0 aromatic carbocycles. The third kappa shape index (κ3) is 3.87. The fourth-order valence-corrected chi connectivity index (χ4v) is 3.41. The fourth-order valence-electron chi connectivity index (χ4n) is 3.41. The van der Waals surface area contributed by atoms with Crippen LogP contribution >= 0.6 is 0 Å². The van der Waals surface area contributed by atoms with Crippen LogP contribution in [0.3, 0.4) is 0 Å². The van der Waals surface area contributed by atoms with Gasteiger partial charge in [-0.2, -0.15) is 0 Å². The number of aliphatic carboxylic acids is 1. The molecule has 0 bridgehead atoms. The highest BCUT2D eigenvalue weighted by atomic mass is 16.4. The highest BCUT2D eigenvalue weighted by Crippen LogP contribution is 2.22. The number of carboxylic acids is 1. The first-order valence-electron chi connectivity index (χ1n) is 7.86. The smallest absolute Gasteiger partial charge is 0.320 e. The third-order valence-corrected chi connectivity index (χ3v) is 4.88. The SMILES string of the molecule is CC1CN(C(=O)N2CCCC(CC(=O)O)C2)CC(C)N1C. The number of amides is 2. The first-order valence-corrected chi connectivity index (χ1v) is 7.86. The lowest BCUT2D eigenvalue weighted by Gasteiger charge is -2.45. The van der Waals surface area contributed by atoms with Gasteiger partial charge in [-0.25, -0.2) is 4.79 Å². The number of piperazine rings is 1. The average molecular weight is 297 g/mol. The Bertz CT molecular complexity index is 390. The monoisotopic (exact) mass is 297 g/mol. The van der Waals surface area contributed by atoms with Crippen molar-refractivity contribution >= 4 is 12.0 Å². The molecule has 0 spiro atoms. The van der Waals surface area contributed by atoms with Crippen LogP contribution in [0.25, 0.3) is 0 Å². The van der Waals surface area contributed by atoms with Gasteiger partial charge in [-0.3, -0.25) is 9.69 Å². The standard InChI is InChI=1S/C15H27N3O3/c1-11-8-18(9-12(2)16(11)3)15(21)17-6-4-5-13(10-17)7-14(19)20/h11-13H,4-10H2,1-3H3,(H,19,20). The van der Waals surface area contributed by atoms with Crippen molar-refractivity contribution in [2.75, 3.05) is 33.2 Å². The molecule has 0 aromatic heterocycles.